The zero-order valence-electron chi connectivity index (χ0n) is 8.00. The van der Waals surface area contributed by atoms with E-state index in [1.165, 1.54) is 0 Å². The third kappa shape index (κ3) is 2.13. The van der Waals surface area contributed by atoms with E-state index in [0.29, 0.717) is 16.7 Å². The summed E-state index contributed by atoms with van der Waals surface area (Å²) in [5, 5.41) is 4.48. The second-order valence-corrected chi connectivity index (χ2v) is 3.78. The van der Waals surface area contributed by atoms with E-state index >= 15 is 0 Å². The van der Waals surface area contributed by atoms with Crippen LogP contribution in [0.25, 0.3) is 11.4 Å². The lowest BCUT2D eigenvalue weighted by atomic mass is 10.1. The summed E-state index contributed by atoms with van der Waals surface area (Å²) in [7, 11) is 0. The summed E-state index contributed by atoms with van der Waals surface area (Å²) in [6, 6.07) is 5.61. The van der Waals surface area contributed by atoms with Gasteiger partial charge in [-0.2, -0.15) is 4.98 Å². The van der Waals surface area contributed by atoms with Crippen LogP contribution in [0.2, 0.25) is 5.02 Å². The predicted molar refractivity (Wildman–Crippen MR) is 59.0 cm³/mol. The van der Waals surface area contributed by atoms with Crippen molar-refractivity contribution in [2.45, 2.75) is 12.8 Å². The lowest BCUT2D eigenvalue weighted by molar-refractivity contribution is 0.391. The molecule has 1 aromatic heterocycles. The first-order valence-electron chi connectivity index (χ1n) is 4.36. The topological polar surface area (TPSA) is 38.9 Å². The van der Waals surface area contributed by atoms with Crippen LogP contribution < -0.4 is 0 Å². The quantitative estimate of drug-likeness (QED) is 0.758. The maximum atomic E-state index is 5.99. The van der Waals surface area contributed by atoms with E-state index in [-0.39, 0.29) is 5.88 Å². The number of hydrogen-bond donors (Lipinski definition) is 0. The number of aromatic nitrogens is 2. The molecule has 1 aromatic carbocycles. The maximum absolute atomic E-state index is 5.99. The van der Waals surface area contributed by atoms with Crippen molar-refractivity contribution in [1.29, 1.82) is 0 Å². The molecule has 0 aliphatic rings. The molecule has 0 spiro atoms. The van der Waals surface area contributed by atoms with Gasteiger partial charge in [0.05, 0.1) is 0 Å². The van der Waals surface area contributed by atoms with Gasteiger partial charge in [0.15, 0.2) is 0 Å². The first-order chi connectivity index (χ1) is 7.20. The van der Waals surface area contributed by atoms with E-state index in [1.54, 1.807) is 6.07 Å². The molecule has 0 aliphatic heterocycles. The Hall–Kier alpha value is -1.06. The summed E-state index contributed by atoms with van der Waals surface area (Å²) < 4.78 is 4.90. The van der Waals surface area contributed by atoms with E-state index in [9.17, 15) is 0 Å². The summed E-state index contributed by atoms with van der Waals surface area (Å²) in [4.78, 5) is 4.10. The number of aryl methyl sites for hydroxylation is 1. The summed E-state index contributed by atoms with van der Waals surface area (Å²) in [5.74, 6) is 1.13. The number of alkyl halides is 1. The minimum absolute atomic E-state index is 0.215. The molecule has 0 aliphatic carbocycles. The number of benzene rings is 1. The SMILES string of the molecule is Cc1ccc(-c2noc(CCl)n2)cc1Cl. The van der Waals surface area contributed by atoms with E-state index in [0.717, 1.165) is 11.1 Å². The van der Waals surface area contributed by atoms with Crippen LogP contribution in [0.3, 0.4) is 0 Å². The molecular weight excluding hydrogens is 235 g/mol. The number of nitrogens with zero attached hydrogens (tertiary/aromatic N) is 2. The van der Waals surface area contributed by atoms with Crippen LogP contribution in [0.4, 0.5) is 0 Å². The van der Waals surface area contributed by atoms with Crippen molar-refractivity contribution >= 4 is 23.2 Å². The fourth-order valence-corrected chi connectivity index (χ4v) is 1.45. The minimum atomic E-state index is 0.215. The van der Waals surface area contributed by atoms with E-state index in [1.807, 2.05) is 19.1 Å². The molecule has 5 heteroatoms. The van der Waals surface area contributed by atoms with Crippen molar-refractivity contribution in [3.05, 3.63) is 34.7 Å². The van der Waals surface area contributed by atoms with Gasteiger partial charge in [0.1, 0.15) is 5.88 Å². The Morgan fingerprint density at radius 1 is 1.40 bits per heavy atom. The first-order valence-corrected chi connectivity index (χ1v) is 5.27. The highest BCUT2D eigenvalue weighted by atomic mass is 35.5. The fraction of sp³-hybridized carbons (Fsp3) is 0.200. The van der Waals surface area contributed by atoms with Gasteiger partial charge in [-0.15, -0.1) is 11.6 Å². The van der Waals surface area contributed by atoms with Gasteiger partial charge < -0.3 is 4.52 Å². The molecular formula is C10H8Cl2N2O. The first kappa shape index (κ1) is 10.5. The highest BCUT2D eigenvalue weighted by Gasteiger charge is 2.08. The van der Waals surface area contributed by atoms with Crippen LogP contribution in [-0.2, 0) is 5.88 Å². The Kier molecular flexibility index (Phi) is 2.93. The number of hydrogen-bond acceptors (Lipinski definition) is 3. The molecule has 0 saturated heterocycles. The Morgan fingerprint density at radius 3 is 2.80 bits per heavy atom. The van der Waals surface area contributed by atoms with Crippen LogP contribution in [0.5, 0.6) is 0 Å². The summed E-state index contributed by atoms with van der Waals surface area (Å²) in [6.45, 7) is 1.94. The van der Waals surface area contributed by atoms with Gasteiger partial charge in [0, 0.05) is 10.6 Å². The summed E-state index contributed by atoms with van der Waals surface area (Å²) in [5.41, 5.74) is 1.84. The second-order valence-electron chi connectivity index (χ2n) is 3.11. The smallest absolute Gasteiger partial charge is 0.241 e. The highest BCUT2D eigenvalue weighted by molar-refractivity contribution is 6.31. The molecule has 0 bridgehead atoms. The van der Waals surface area contributed by atoms with Crippen LogP contribution in [0.1, 0.15) is 11.5 Å². The van der Waals surface area contributed by atoms with Crippen LogP contribution in [-0.4, -0.2) is 10.1 Å². The van der Waals surface area contributed by atoms with Crippen LogP contribution in [0, 0.1) is 6.92 Å². The molecule has 78 valence electrons. The molecule has 0 fully saturated rings. The zero-order valence-corrected chi connectivity index (χ0v) is 9.51. The van der Waals surface area contributed by atoms with Gasteiger partial charge >= 0.3 is 0 Å². The Labute approximate surface area is 97.0 Å². The van der Waals surface area contributed by atoms with Crippen molar-refractivity contribution in [3.8, 4) is 11.4 Å². The number of halogens is 2. The molecule has 2 aromatic rings. The van der Waals surface area contributed by atoms with Gasteiger partial charge in [0.2, 0.25) is 11.7 Å². The van der Waals surface area contributed by atoms with Crippen molar-refractivity contribution in [1.82, 2.24) is 10.1 Å². The maximum Gasteiger partial charge on any atom is 0.241 e. The monoisotopic (exact) mass is 242 g/mol. The molecule has 15 heavy (non-hydrogen) atoms. The Morgan fingerprint density at radius 2 is 2.20 bits per heavy atom. The molecule has 0 unspecified atom stereocenters. The molecule has 0 radical (unpaired) electrons. The van der Waals surface area contributed by atoms with E-state index in [4.69, 9.17) is 27.7 Å². The third-order valence-electron chi connectivity index (χ3n) is 2.01. The van der Waals surface area contributed by atoms with Crippen LogP contribution >= 0.6 is 23.2 Å². The molecule has 0 atom stereocenters. The molecule has 2 rings (SSSR count). The molecule has 0 N–H and O–H groups in total. The number of rotatable bonds is 2. The normalized spacial score (nSPS) is 10.6. The zero-order chi connectivity index (χ0) is 10.8. The molecule has 3 nitrogen and oxygen atoms in total. The summed E-state index contributed by atoms with van der Waals surface area (Å²) in [6.07, 6.45) is 0. The minimum Gasteiger partial charge on any atom is -0.338 e. The van der Waals surface area contributed by atoms with Crippen LogP contribution in [0.15, 0.2) is 22.7 Å². The van der Waals surface area contributed by atoms with Crippen molar-refractivity contribution in [2.24, 2.45) is 0 Å². The second kappa shape index (κ2) is 4.21. The van der Waals surface area contributed by atoms with Gasteiger partial charge in [-0.3, -0.25) is 0 Å². The Balaban J connectivity index is 2.40. The van der Waals surface area contributed by atoms with Gasteiger partial charge in [0.25, 0.3) is 0 Å². The lowest BCUT2D eigenvalue weighted by Crippen LogP contribution is -1.83. The van der Waals surface area contributed by atoms with Gasteiger partial charge in [-0.25, -0.2) is 0 Å². The molecule has 0 amide bonds. The predicted octanol–water partition coefficient (Wildman–Crippen LogP) is 3.44. The van der Waals surface area contributed by atoms with Crippen molar-refractivity contribution in [3.63, 3.8) is 0 Å². The average molecular weight is 243 g/mol. The average Bonchev–Trinajstić information content (AvgIpc) is 2.70. The molecule has 0 saturated carbocycles. The summed E-state index contributed by atoms with van der Waals surface area (Å²) >= 11 is 11.6. The van der Waals surface area contributed by atoms with Crippen molar-refractivity contribution in [2.75, 3.05) is 0 Å². The fourth-order valence-electron chi connectivity index (χ4n) is 1.16. The lowest BCUT2D eigenvalue weighted by Gasteiger charge is -1.98. The highest BCUT2D eigenvalue weighted by Crippen LogP contribution is 2.23. The van der Waals surface area contributed by atoms with E-state index < -0.39 is 0 Å². The van der Waals surface area contributed by atoms with Gasteiger partial charge in [-0.05, 0) is 18.6 Å². The van der Waals surface area contributed by atoms with Crippen molar-refractivity contribution < 1.29 is 4.52 Å². The largest absolute Gasteiger partial charge is 0.338 e. The molecule has 1 heterocycles. The van der Waals surface area contributed by atoms with E-state index in [2.05, 4.69) is 10.1 Å². The van der Waals surface area contributed by atoms with Gasteiger partial charge in [-0.1, -0.05) is 28.9 Å². The third-order valence-corrected chi connectivity index (χ3v) is 2.65. The standard InChI is InChI=1S/C10H8Cl2N2O/c1-6-2-3-7(4-8(6)12)10-13-9(5-11)15-14-10/h2-4H,5H2,1H3. The Bertz CT molecular complexity index is 482.